The monoisotopic (exact) mass is 335 g/mol. The zero-order chi connectivity index (χ0) is 17.6. The second-order valence-corrected chi connectivity index (χ2v) is 6.49. The van der Waals surface area contributed by atoms with E-state index in [2.05, 4.69) is 5.32 Å². The zero-order valence-electron chi connectivity index (χ0n) is 14.2. The van der Waals surface area contributed by atoms with Crippen molar-refractivity contribution in [2.75, 3.05) is 25.1 Å². The minimum absolute atomic E-state index is 0.118. The van der Waals surface area contributed by atoms with Gasteiger partial charge in [0.1, 0.15) is 0 Å². The maximum Gasteiger partial charge on any atom is 0.313 e. The van der Waals surface area contributed by atoms with Crippen molar-refractivity contribution in [2.24, 2.45) is 0 Å². The highest BCUT2D eigenvalue weighted by molar-refractivity contribution is 5.91. The molecule has 0 spiro atoms. The first-order chi connectivity index (χ1) is 11.4. The molecule has 24 heavy (non-hydrogen) atoms. The maximum absolute atomic E-state index is 11.9. The Morgan fingerprint density at radius 2 is 1.88 bits per heavy atom. The molecule has 2 N–H and O–H groups in total. The molecule has 6 nitrogen and oxygen atoms in total. The van der Waals surface area contributed by atoms with Gasteiger partial charge in [0.25, 0.3) is 0 Å². The fraction of sp³-hybridized carbons (Fsp3) is 0.556. The van der Waals surface area contributed by atoms with E-state index in [1.807, 2.05) is 0 Å². The average Bonchev–Trinajstić information content (AvgIpc) is 2.56. The first-order valence-electron chi connectivity index (χ1n) is 8.22. The Balaban J connectivity index is 1.78. The minimum Gasteiger partial charge on any atom is -0.481 e. The molecule has 1 aliphatic heterocycles. The summed E-state index contributed by atoms with van der Waals surface area (Å²) >= 11 is 0. The molecule has 1 heterocycles. The number of rotatable bonds is 7. The Hall–Kier alpha value is -1.92. The lowest BCUT2D eigenvalue weighted by Crippen LogP contribution is -2.28. The Bertz CT molecular complexity index is 561. The van der Waals surface area contributed by atoms with Crippen molar-refractivity contribution in [2.45, 2.75) is 44.6 Å². The van der Waals surface area contributed by atoms with Gasteiger partial charge in [-0.05, 0) is 44.4 Å². The van der Waals surface area contributed by atoms with Crippen LogP contribution in [-0.4, -0.2) is 42.9 Å². The summed E-state index contributed by atoms with van der Waals surface area (Å²) in [5.74, 6) is -1.00. The Kier molecular flexibility index (Phi) is 6.34. The summed E-state index contributed by atoms with van der Waals surface area (Å²) in [6.07, 6.45) is 2.23. The third kappa shape index (κ3) is 5.04. The van der Waals surface area contributed by atoms with Gasteiger partial charge in [-0.15, -0.1) is 0 Å². The van der Waals surface area contributed by atoms with Gasteiger partial charge in [-0.3, -0.25) is 9.59 Å². The fourth-order valence-corrected chi connectivity index (χ4v) is 2.48. The second-order valence-electron chi connectivity index (χ2n) is 6.49. The number of hydrogen-bond acceptors (Lipinski definition) is 4. The Morgan fingerprint density at radius 1 is 1.25 bits per heavy atom. The van der Waals surface area contributed by atoms with Crippen LogP contribution in [0.3, 0.4) is 0 Å². The smallest absolute Gasteiger partial charge is 0.313 e. The van der Waals surface area contributed by atoms with Crippen LogP contribution in [0.25, 0.3) is 0 Å². The van der Waals surface area contributed by atoms with Crippen LogP contribution in [0.4, 0.5) is 5.69 Å². The molecule has 1 aromatic rings. The van der Waals surface area contributed by atoms with Crippen LogP contribution in [0.1, 0.15) is 38.7 Å². The van der Waals surface area contributed by atoms with Gasteiger partial charge in [-0.2, -0.15) is 0 Å². The molecule has 0 aliphatic carbocycles. The maximum atomic E-state index is 11.9. The molecule has 0 bridgehead atoms. The van der Waals surface area contributed by atoms with Crippen molar-refractivity contribution < 1.29 is 24.2 Å². The van der Waals surface area contributed by atoms with Crippen LogP contribution >= 0.6 is 0 Å². The van der Waals surface area contributed by atoms with E-state index in [9.17, 15) is 14.7 Å². The number of carboxylic acid groups (broad SMARTS) is 1. The third-order valence-corrected chi connectivity index (χ3v) is 4.28. The van der Waals surface area contributed by atoms with E-state index < -0.39 is 11.4 Å². The predicted octanol–water partition coefficient (Wildman–Crippen LogP) is 2.57. The lowest BCUT2D eigenvalue weighted by atomic mass is 9.85. The number of carbonyl (C=O) groups excluding carboxylic acids is 1. The van der Waals surface area contributed by atoms with Gasteiger partial charge < -0.3 is 19.9 Å². The van der Waals surface area contributed by atoms with E-state index in [1.165, 1.54) is 0 Å². The van der Waals surface area contributed by atoms with E-state index in [-0.39, 0.29) is 12.0 Å². The van der Waals surface area contributed by atoms with Crippen LogP contribution in [0.15, 0.2) is 24.3 Å². The number of benzene rings is 1. The number of ether oxygens (including phenoxy) is 2. The molecular formula is C18H25NO5. The van der Waals surface area contributed by atoms with Crippen molar-refractivity contribution in [3.8, 4) is 0 Å². The lowest BCUT2D eigenvalue weighted by molar-refractivity contribution is -0.142. The first kappa shape index (κ1) is 18.4. The summed E-state index contributed by atoms with van der Waals surface area (Å²) in [5.41, 5.74) is 0.381. The van der Waals surface area contributed by atoms with Crippen molar-refractivity contribution in [3.05, 3.63) is 29.8 Å². The van der Waals surface area contributed by atoms with Gasteiger partial charge in [-0.25, -0.2) is 0 Å². The number of carbonyl (C=O) groups is 2. The summed E-state index contributed by atoms with van der Waals surface area (Å²) in [5, 5.41) is 12.0. The van der Waals surface area contributed by atoms with Crippen molar-refractivity contribution in [1.82, 2.24) is 0 Å². The lowest BCUT2D eigenvalue weighted by Gasteiger charge is -2.22. The number of amides is 1. The van der Waals surface area contributed by atoms with Gasteiger partial charge >= 0.3 is 5.97 Å². The van der Waals surface area contributed by atoms with Gasteiger partial charge in [0.05, 0.1) is 24.5 Å². The standard InChI is InChI=1S/C18H25NO5/c1-18(2,17(21)22)13-3-5-14(6-4-13)19-16(20)9-12-24-15-7-10-23-11-8-15/h3-6,15H,7-12H2,1-2H3,(H,19,20)(H,21,22). The van der Waals surface area contributed by atoms with E-state index in [4.69, 9.17) is 9.47 Å². The predicted molar refractivity (Wildman–Crippen MR) is 90.1 cm³/mol. The average molecular weight is 335 g/mol. The van der Waals surface area contributed by atoms with E-state index >= 15 is 0 Å². The number of aliphatic carboxylic acids is 1. The second kappa shape index (κ2) is 8.26. The Morgan fingerprint density at radius 3 is 2.46 bits per heavy atom. The first-order valence-corrected chi connectivity index (χ1v) is 8.22. The minimum atomic E-state index is -0.958. The van der Waals surface area contributed by atoms with Crippen molar-refractivity contribution in [1.29, 1.82) is 0 Å². The van der Waals surface area contributed by atoms with Gasteiger partial charge in [-0.1, -0.05) is 12.1 Å². The topological polar surface area (TPSA) is 84.9 Å². The number of anilines is 1. The highest BCUT2D eigenvalue weighted by Gasteiger charge is 2.29. The van der Waals surface area contributed by atoms with Crippen LogP contribution in [0.5, 0.6) is 0 Å². The Labute approximate surface area is 142 Å². The molecule has 1 amide bonds. The molecule has 0 aromatic heterocycles. The van der Waals surface area contributed by atoms with Crippen molar-refractivity contribution >= 4 is 17.6 Å². The summed E-state index contributed by atoms with van der Waals surface area (Å²) in [6, 6.07) is 6.89. The molecule has 2 rings (SSSR count). The number of hydrogen-bond donors (Lipinski definition) is 2. The summed E-state index contributed by atoms with van der Waals surface area (Å²) in [6.45, 7) is 5.12. The summed E-state index contributed by atoms with van der Waals surface area (Å²) in [7, 11) is 0. The van der Waals surface area contributed by atoms with Crippen LogP contribution in [-0.2, 0) is 24.5 Å². The number of carboxylic acids is 1. The molecule has 0 radical (unpaired) electrons. The molecule has 132 valence electrons. The fourth-order valence-electron chi connectivity index (χ4n) is 2.48. The molecule has 0 atom stereocenters. The van der Waals surface area contributed by atoms with Gasteiger partial charge in [0.15, 0.2) is 0 Å². The normalized spacial score (nSPS) is 15.9. The molecule has 1 saturated heterocycles. The van der Waals surface area contributed by atoms with E-state index in [0.717, 1.165) is 26.1 Å². The molecule has 0 unspecified atom stereocenters. The molecule has 6 heteroatoms. The molecule has 1 aliphatic rings. The number of nitrogens with one attached hydrogen (secondary N) is 1. The van der Waals surface area contributed by atoms with Gasteiger partial charge in [0, 0.05) is 18.9 Å². The molecule has 1 fully saturated rings. The quantitative estimate of drug-likeness (QED) is 0.800. The highest BCUT2D eigenvalue weighted by atomic mass is 16.5. The molecule has 1 aromatic carbocycles. The highest BCUT2D eigenvalue weighted by Crippen LogP contribution is 2.24. The summed E-state index contributed by atoms with van der Waals surface area (Å²) < 4.78 is 10.9. The third-order valence-electron chi connectivity index (χ3n) is 4.28. The van der Waals surface area contributed by atoms with E-state index in [1.54, 1.807) is 38.1 Å². The largest absolute Gasteiger partial charge is 0.481 e. The van der Waals surface area contributed by atoms with E-state index in [0.29, 0.717) is 24.3 Å². The SMILES string of the molecule is CC(C)(C(=O)O)c1ccc(NC(=O)CCOC2CCOCC2)cc1. The van der Waals surface area contributed by atoms with Crippen LogP contribution in [0, 0.1) is 0 Å². The van der Waals surface area contributed by atoms with Crippen molar-refractivity contribution in [3.63, 3.8) is 0 Å². The zero-order valence-corrected chi connectivity index (χ0v) is 14.2. The van der Waals surface area contributed by atoms with Crippen LogP contribution < -0.4 is 5.32 Å². The van der Waals surface area contributed by atoms with Gasteiger partial charge in [0.2, 0.25) is 5.91 Å². The molecule has 0 saturated carbocycles. The van der Waals surface area contributed by atoms with Crippen LogP contribution in [0.2, 0.25) is 0 Å². The summed E-state index contributed by atoms with van der Waals surface area (Å²) in [4.78, 5) is 23.2. The molecular weight excluding hydrogens is 310 g/mol.